The first-order chi connectivity index (χ1) is 15.4. The van der Waals surface area contributed by atoms with Crippen LogP contribution in [0.4, 0.5) is 0 Å². The fourth-order valence-corrected chi connectivity index (χ4v) is 3.86. The summed E-state index contributed by atoms with van der Waals surface area (Å²) in [5, 5.41) is 58.6. The van der Waals surface area contributed by atoms with Crippen molar-refractivity contribution >= 4 is 0 Å². The minimum absolute atomic E-state index is 0.0585. The summed E-state index contributed by atoms with van der Waals surface area (Å²) in [5.41, 5.74) is 0. The van der Waals surface area contributed by atoms with E-state index < -0.39 is 42.9 Å². The highest BCUT2D eigenvalue weighted by atomic mass is 16.7. The molecule has 1 aliphatic rings. The minimum atomic E-state index is -1.61. The lowest BCUT2D eigenvalue weighted by atomic mass is 10.0. The van der Waals surface area contributed by atoms with Crippen LogP contribution in [0.15, 0.2) is 11.7 Å². The summed E-state index contributed by atoms with van der Waals surface area (Å²) in [4.78, 5) is 0. The number of hydrogen-bond acceptors (Lipinski definition) is 8. The second-order valence-electron chi connectivity index (χ2n) is 8.90. The molecule has 0 aromatic rings. The van der Waals surface area contributed by atoms with Gasteiger partial charge in [-0.3, -0.25) is 0 Å². The van der Waals surface area contributed by atoms with Crippen LogP contribution in [0.1, 0.15) is 96.8 Å². The Morgan fingerprint density at radius 3 is 1.84 bits per heavy atom. The van der Waals surface area contributed by atoms with Gasteiger partial charge in [0.25, 0.3) is 0 Å². The fourth-order valence-electron chi connectivity index (χ4n) is 3.86. The Balaban J connectivity index is 2.07. The second kappa shape index (κ2) is 17.4. The van der Waals surface area contributed by atoms with E-state index in [4.69, 9.17) is 14.6 Å². The van der Waals surface area contributed by atoms with Crippen LogP contribution in [0.5, 0.6) is 0 Å². The maximum Gasteiger partial charge on any atom is 0.322 e. The number of rotatable bonds is 19. The average Bonchev–Trinajstić information content (AvgIpc) is 2.79. The normalized spacial score (nSPS) is 23.1. The summed E-state index contributed by atoms with van der Waals surface area (Å²) in [6.07, 6.45) is 9.48. The van der Waals surface area contributed by atoms with E-state index in [-0.39, 0.29) is 19.0 Å². The maximum atomic E-state index is 10.1. The van der Waals surface area contributed by atoms with Crippen molar-refractivity contribution in [2.75, 3.05) is 13.2 Å². The molecule has 3 unspecified atom stereocenters. The van der Waals surface area contributed by atoms with E-state index in [1.165, 1.54) is 57.8 Å². The molecule has 0 radical (unpaired) electrons. The molecule has 0 amide bonds. The first-order valence-electron chi connectivity index (χ1n) is 12.5. The molecule has 8 heteroatoms. The van der Waals surface area contributed by atoms with Gasteiger partial charge in [0.2, 0.25) is 5.76 Å². The van der Waals surface area contributed by atoms with E-state index in [1.807, 2.05) is 0 Å². The monoisotopic (exact) mass is 462 g/mol. The Kier molecular flexibility index (Phi) is 15.8. The molecule has 6 N–H and O–H groups in total. The Morgan fingerprint density at radius 2 is 1.31 bits per heavy atom. The number of hydrogen-bond donors (Lipinski definition) is 6. The van der Waals surface area contributed by atoms with Crippen molar-refractivity contribution in [2.45, 2.75) is 127 Å². The first-order valence-corrected chi connectivity index (χ1v) is 12.5. The van der Waals surface area contributed by atoms with Crippen molar-refractivity contribution < 1.29 is 40.1 Å². The average molecular weight is 463 g/mol. The van der Waals surface area contributed by atoms with Crippen molar-refractivity contribution in [2.24, 2.45) is 0 Å². The SMILES string of the molecule is CCCCCCCCCCCCCC[C@@H](O)[C@@H](O)CCOC1=C(O)C(O)C(O)C(CO)O1. The third kappa shape index (κ3) is 11.2. The molecule has 1 aliphatic heterocycles. The van der Waals surface area contributed by atoms with Gasteiger partial charge in [-0.1, -0.05) is 84.0 Å². The molecular weight excluding hydrogens is 416 g/mol. The van der Waals surface area contributed by atoms with Crippen molar-refractivity contribution in [3.05, 3.63) is 11.7 Å². The Morgan fingerprint density at radius 1 is 0.812 bits per heavy atom. The largest absolute Gasteiger partial charge is 0.504 e. The van der Waals surface area contributed by atoms with Gasteiger partial charge >= 0.3 is 5.95 Å². The highest BCUT2D eigenvalue weighted by Gasteiger charge is 2.39. The van der Waals surface area contributed by atoms with E-state index in [0.717, 1.165) is 19.3 Å². The van der Waals surface area contributed by atoms with E-state index in [2.05, 4.69) is 6.92 Å². The molecule has 32 heavy (non-hydrogen) atoms. The van der Waals surface area contributed by atoms with Gasteiger partial charge in [0.15, 0.2) is 6.10 Å². The van der Waals surface area contributed by atoms with Gasteiger partial charge in [-0.15, -0.1) is 0 Å². The summed E-state index contributed by atoms with van der Waals surface area (Å²) in [6, 6.07) is 0. The van der Waals surface area contributed by atoms with Gasteiger partial charge in [0.05, 0.1) is 25.4 Å². The summed E-state index contributed by atoms with van der Waals surface area (Å²) < 4.78 is 10.4. The Hall–Kier alpha value is -1.06. The molecule has 0 aromatic carbocycles. The number of aliphatic hydroxyl groups is 6. The molecule has 0 saturated heterocycles. The van der Waals surface area contributed by atoms with Crippen LogP contribution in [0, 0.1) is 0 Å². The smallest absolute Gasteiger partial charge is 0.322 e. The Bertz CT molecular complexity index is 498. The number of ether oxygens (including phenoxy) is 2. The number of unbranched alkanes of at least 4 members (excludes halogenated alkanes) is 11. The van der Waals surface area contributed by atoms with Crippen LogP contribution in [-0.2, 0) is 9.47 Å². The van der Waals surface area contributed by atoms with Gasteiger partial charge in [0.1, 0.15) is 12.2 Å². The molecule has 8 nitrogen and oxygen atoms in total. The highest BCUT2D eigenvalue weighted by Crippen LogP contribution is 2.24. The molecule has 190 valence electrons. The molecule has 0 aromatic heterocycles. The molecule has 0 bridgehead atoms. The lowest BCUT2D eigenvalue weighted by Gasteiger charge is -2.32. The van der Waals surface area contributed by atoms with Crippen molar-refractivity contribution in [3.8, 4) is 0 Å². The van der Waals surface area contributed by atoms with Gasteiger partial charge in [0, 0.05) is 6.42 Å². The van der Waals surface area contributed by atoms with Crippen LogP contribution < -0.4 is 0 Å². The molecular formula is C24H46O8. The first kappa shape index (κ1) is 29.0. The zero-order chi connectivity index (χ0) is 23.8. The number of aliphatic hydroxyl groups excluding tert-OH is 6. The summed E-state index contributed by atoms with van der Waals surface area (Å²) >= 11 is 0. The van der Waals surface area contributed by atoms with Crippen LogP contribution in [0.3, 0.4) is 0 Å². The van der Waals surface area contributed by atoms with Gasteiger partial charge in [-0.2, -0.15) is 0 Å². The fraction of sp³-hybridized carbons (Fsp3) is 0.917. The molecule has 1 heterocycles. The standard InChI is InChI=1S/C24H46O8/c1-2-3-4-5-6-7-8-9-10-11-12-13-14-18(26)19(27)15-16-31-24-23(30)22(29)21(28)20(17-25)32-24/h18-22,25-30H,2-17H2,1H3/t18-,19+,20?,21?,22?/m1/s1. The van der Waals surface area contributed by atoms with E-state index in [0.29, 0.717) is 6.42 Å². The third-order valence-corrected chi connectivity index (χ3v) is 6.08. The van der Waals surface area contributed by atoms with Crippen LogP contribution in [0.25, 0.3) is 0 Å². The zero-order valence-electron chi connectivity index (χ0n) is 19.7. The molecule has 1 rings (SSSR count). The van der Waals surface area contributed by atoms with Gasteiger partial charge < -0.3 is 40.1 Å². The topological polar surface area (TPSA) is 140 Å². The lowest BCUT2D eigenvalue weighted by Crippen LogP contribution is -2.46. The zero-order valence-corrected chi connectivity index (χ0v) is 19.7. The van der Waals surface area contributed by atoms with Crippen LogP contribution in [0.2, 0.25) is 0 Å². The summed E-state index contributed by atoms with van der Waals surface area (Å²) in [7, 11) is 0. The van der Waals surface area contributed by atoms with Gasteiger partial charge in [-0.05, 0) is 6.42 Å². The maximum absolute atomic E-state index is 10.1. The minimum Gasteiger partial charge on any atom is -0.504 e. The quantitative estimate of drug-likeness (QED) is 0.161. The molecule has 0 aliphatic carbocycles. The van der Waals surface area contributed by atoms with E-state index >= 15 is 0 Å². The third-order valence-electron chi connectivity index (χ3n) is 6.08. The molecule has 0 saturated carbocycles. The van der Waals surface area contributed by atoms with Crippen molar-refractivity contribution in [1.29, 1.82) is 0 Å². The van der Waals surface area contributed by atoms with Crippen LogP contribution in [-0.4, -0.2) is 74.4 Å². The van der Waals surface area contributed by atoms with E-state index in [9.17, 15) is 25.5 Å². The summed E-state index contributed by atoms with van der Waals surface area (Å²) in [5.74, 6) is -1.04. The summed E-state index contributed by atoms with van der Waals surface area (Å²) in [6.45, 7) is 1.62. The molecule has 0 fully saturated rings. The van der Waals surface area contributed by atoms with Crippen molar-refractivity contribution in [3.63, 3.8) is 0 Å². The van der Waals surface area contributed by atoms with E-state index in [1.54, 1.807) is 0 Å². The van der Waals surface area contributed by atoms with Crippen LogP contribution >= 0.6 is 0 Å². The highest BCUT2D eigenvalue weighted by molar-refractivity contribution is 5.08. The second-order valence-corrected chi connectivity index (χ2v) is 8.90. The predicted octanol–water partition coefficient (Wildman–Crippen LogP) is 3.05. The Labute approximate surface area is 192 Å². The lowest BCUT2D eigenvalue weighted by molar-refractivity contribution is -0.149. The van der Waals surface area contributed by atoms with Gasteiger partial charge in [-0.25, -0.2) is 0 Å². The van der Waals surface area contributed by atoms with Crippen molar-refractivity contribution in [1.82, 2.24) is 0 Å². The predicted molar refractivity (Wildman–Crippen MR) is 122 cm³/mol. The molecule has 0 spiro atoms. The molecule has 5 atom stereocenters.